The van der Waals surface area contributed by atoms with Crippen molar-refractivity contribution in [2.75, 3.05) is 48.5 Å². The van der Waals surface area contributed by atoms with E-state index in [2.05, 4.69) is 33.9 Å². The van der Waals surface area contributed by atoms with E-state index in [-0.39, 0.29) is 0 Å². The molecule has 0 aliphatic heterocycles. The molecule has 144 valence electrons. The molecule has 7 heteroatoms. The molecule has 0 atom stereocenters. The van der Waals surface area contributed by atoms with Gasteiger partial charge in [0, 0.05) is 43.6 Å². The third-order valence-corrected chi connectivity index (χ3v) is 4.19. The third kappa shape index (κ3) is 5.12. The number of methoxy groups -OCH3 is 3. The second kappa shape index (κ2) is 9.45. The number of aromatic nitrogens is 2. The molecule has 0 bridgehead atoms. The van der Waals surface area contributed by atoms with E-state index >= 15 is 0 Å². The highest BCUT2D eigenvalue weighted by molar-refractivity contribution is 5.55. The lowest BCUT2D eigenvalue weighted by atomic mass is 10.1. The summed E-state index contributed by atoms with van der Waals surface area (Å²) in [5.74, 6) is 2.92. The molecule has 1 aromatic heterocycles. The van der Waals surface area contributed by atoms with Crippen LogP contribution in [0.4, 0.5) is 0 Å². The maximum Gasteiger partial charge on any atom is 0.203 e. The van der Waals surface area contributed by atoms with Gasteiger partial charge in [0.15, 0.2) is 11.5 Å². The van der Waals surface area contributed by atoms with Crippen LogP contribution in [-0.4, -0.2) is 68.3 Å². The Balaban J connectivity index is 2.25. The van der Waals surface area contributed by atoms with Crippen molar-refractivity contribution in [2.45, 2.75) is 20.0 Å². The molecule has 2 aromatic rings. The summed E-state index contributed by atoms with van der Waals surface area (Å²) < 4.78 is 16.5. The van der Waals surface area contributed by atoms with E-state index < -0.39 is 0 Å². The predicted octanol–water partition coefficient (Wildman–Crippen LogP) is 2.31. The lowest BCUT2D eigenvalue weighted by Crippen LogP contribution is -2.31. The van der Waals surface area contributed by atoms with E-state index in [0.717, 1.165) is 43.3 Å². The monoisotopic (exact) mass is 362 g/mol. The number of aryl methyl sites for hydroxylation is 1. The number of likely N-dealkylation sites (N-methyl/N-ethyl adjacent to an activating group) is 1. The Morgan fingerprint density at radius 2 is 1.69 bits per heavy atom. The molecule has 0 unspecified atom stereocenters. The van der Waals surface area contributed by atoms with Gasteiger partial charge in [-0.05, 0) is 27.1 Å². The Kier molecular flexibility index (Phi) is 7.29. The summed E-state index contributed by atoms with van der Waals surface area (Å²) in [6.45, 7) is 5.36. The molecule has 0 saturated heterocycles. The van der Waals surface area contributed by atoms with Crippen LogP contribution in [0.3, 0.4) is 0 Å². The van der Waals surface area contributed by atoms with Crippen LogP contribution in [0.15, 0.2) is 18.3 Å². The maximum atomic E-state index is 5.63. The van der Waals surface area contributed by atoms with Crippen LogP contribution in [0.1, 0.15) is 17.1 Å². The van der Waals surface area contributed by atoms with Gasteiger partial charge in [0.25, 0.3) is 0 Å². The van der Waals surface area contributed by atoms with Gasteiger partial charge in [-0.3, -0.25) is 4.90 Å². The Morgan fingerprint density at radius 1 is 0.962 bits per heavy atom. The molecule has 1 aromatic carbocycles. The molecule has 0 fully saturated rings. The van der Waals surface area contributed by atoms with E-state index in [0.29, 0.717) is 17.2 Å². The van der Waals surface area contributed by atoms with Gasteiger partial charge in [0.2, 0.25) is 5.75 Å². The molecule has 0 amide bonds. The summed E-state index contributed by atoms with van der Waals surface area (Å²) in [4.78, 5) is 12.1. The van der Waals surface area contributed by atoms with Gasteiger partial charge in [0.1, 0.15) is 5.82 Å². The van der Waals surface area contributed by atoms with Crippen molar-refractivity contribution in [3.05, 3.63) is 35.4 Å². The Hall–Kier alpha value is -2.25. The van der Waals surface area contributed by atoms with E-state index in [1.54, 1.807) is 21.3 Å². The van der Waals surface area contributed by atoms with Gasteiger partial charge in [0.05, 0.1) is 21.3 Å². The molecule has 1 N–H and O–H groups in total. The quantitative estimate of drug-likeness (QED) is 0.700. The van der Waals surface area contributed by atoms with Crippen LogP contribution in [0, 0.1) is 6.92 Å². The Labute approximate surface area is 155 Å². The number of imidazole rings is 1. The maximum absolute atomic E-state index is 5.63. The van der Waals surface area contributed by atoms with Gasteiger partial charge in [-0.15, -0.1) is 0 Å². The first-order valence-corrected chi connectivity index (χ1v) is 8.63. The number of nitrogens with zero attached hydrogens (tertiary/aromatic N) is 3. The normalized spacial score (nSPS) is 11.2. The first kappa shape index (κ1) is 20.1. The van der Waals surface area contributed by atoms with Crippen molar-refractivity contribution in [3.63, 3.8) is 0 Å². The average molecular weight is 362 g/mol. The SMILES string of the molecule is COc1ccc(CN(CCN(C)C)Cc2cnc(C)[nH]2)c(OC)c1OC. The van der Waals surface area contributed by atoms with E-state index in [9.17, 15) is 0 Å². The molecule has 26 heavy (non-hydrogen) atoms. The summed E-state index contributed by atoms with van der Waals surface area (Å²) >= 11 is 0. The number of rotatable bonds is 10. The minimum absolute atomic E-state index is 0.623. The van der Waals surface area contributed by atoms with E-state index in [1.165, 1.54) is 0 Å². The number of aromatic amines is 1. The van der Waals surface area contributed by atoms with Crippen LogP contribution in [0.25, 0.3) is 0 Å². The summed E-state index contributed by atoms with van der Waals surface area (Å²) in [5, 5.41) is 0. The fraction of sp³-hybridized carbons (Fsp3) is 0.526. The van der Waals surface area contributed by atoms with Crippen molar-refractivity contribution in [1.82, 2.24) is 19.8 Å². The molecular weight excluding hydrogens is 332 g/mol. The minimum atomic E-state index is 0.623. The molecule has 7 nitrogen and oxygen atoms in total. The number of H-pyrrole nitrogens is 1. The summed E-state index contributed by atoms with van der Waals surface area (Å²) in [5.41, 5.74) is 2.15. The Morgan fingerprint density at radius 3 is 2.23 bits per heavy atom. The number of benzene rings is 1. The Bertz CT molecular complexity index is 700. The van der Waals surface area contributed by atoms with Gasteiger partial charge >= 0.3 is 0 Å². The zero-order chi connectivity index (χ0) is 19.1. The van der Waals surface area contributed by atoms with Crippen molar-refractivity contribution in [2.24, 2.45) is 0 Å². The number of nitrogens with one attached hydrogen (secondary N) is 1. The van der Waals surface area contributed by atoms with Crippen molar-refractivity contribution in [1.29, 1.82) is 0 Å². The topological polar surface area (TPSA) is 62.9 Å². The van der Waals surface area contributed by atoms with Crippen molar-refractivity contribution < 1.29 is 14.2 Å². The number of hydrogen-bond acceptors (Lipinski definition) is 6. The molecular formula is C19H30N4O3. The highest BCUT2D eigenvalue weighted by Gasteiger charge is 2.18. The number of hydrogen-bond donors (Lipinski definition) is 1. The third-order valence-electron chi connectivity index (χ3n) is 4.19. The van der Waals surface area contributed by atoms with Crippen molar-refractivity contribution in [3.8, 4) is 17.2 Å². The summed E-state index contributed by atoms with van der Waals surface area (Å²) in [6.07, 6.45) is 1.89. The van der Waals surface area contributed by atoms with Crippen LogP contribution < -0.4 is 14.2 Å². The molecule has 0 radical (unpaired) electrons. The fourth-order valence-corrected chi connectivity index (χ4v) is 2.88. The van der Waals surface area contributed by atoms with Crippen molar-refractivity contribution >= 4 is 0 Å². The van der Waals surface area contributed by atoms with E-state index in [4.69, 9.17) is 14.2 Å². The fourth-order valence-electron chi connectivity index (χ4n) is 2.88. The second-order valence-electron chi connectivity index (χ2n) is 6.50. The predicted molar refractivity (Wildman–Crippen MR) is 102 cm³/mol. The van der Waals surface area contributed by atoms with Gasteiger partial charge in [-0.2, -0.15) is 0 Å². The zero-order valence-electron chi connectivity index (χ0n) is 16.6. The minimum Gasteiger partial charge on any atom is -0.493 e. The second-order valence-corrected chi connectivity index (χ2v) is 6.50. The molecule has 0 saturated carbocycles. The smallest absolute Gasteiger partial charge is 0.203 e. The van der Waals surface area contributed by atoms with Crippen LogP contribution in [0.2, 0.25) is 0 Å². The van der Waals surface area contributed by atoms with Crippen LogP contribution in [-0.2, 0) is 13.1 Å². The molecule has 1 heterocycles. The number of ether oxygens (including phenoxy) is 3. The average Bonchev–Trinajstić information content (AvgIpc) is 3.03. The van der Waals surface area contributed by atoms with Crippen LogP contribution in [0.5, 0.6) is 17.2 Å². The lowest BCUT2D eigenvalue weighted by molar-refractivity contribution is 0.220. The van der Waals surface area contributed by atoms with Gasteiger partial charge in [-0.25, -0.2) is 4.98 Å². The largest absolute Gasteiger partial charge is 0.493 e. The first-order valence-electron chi connectivity index (χ1n) is 8.63. The molecule has 0 aliphatic carbocycles. The molecule has 0 spiro atoms. The van der Waals surface area contributed by atoms with E-state index in [1.807, 2.05) is 25.3 Å². The summed E-state index contributed by atoms with van der Waals surface area (Å²) in [7, 11) is 9.07. The lowest BCUT2D eigenvalue weighted by Gasteiger charge is -2.25. The molecule has 2 rings (SSSR count). The standard InChI is InChI=1S/C19H30N4O3/c1-14-20-11-16(21-14)13-23(10-9-22(2)3)12-15-7-8-17(24-4)19(26-6)18(15)25-5/h7-8,11H,9-10,12-13H2,1-6H3,(H,20,21). The molecule has 0 aliphatic rings. The van der Waals surface area contributed by atoms with Crippen LogP contribution >= 0.6 is 0 Å². The first-order chi connectivity index (χ1) is 12.5. The van der Waals surface area contributed by atoms with Gasteiger partial charge in [-0.1, -0.05) is 6.07 Å². The van der Waals surface area contributed by atoms with Gasteiger partial charge < -0.3 is 24.1 Å². The zero-order valence-corrected chi connectivity index (χ0v) is 16.6. The highest BCUT2D eigenvalue weighted by atomic mass is 16.5. The highest BCUT2D eigenvalue weighted by Crippen LogP contribution is 2.40. The summed E-state index contributed by atoms with van der Waals surface area (Å²) in [6, 6.07) is 3.95.